The molecule has 14 heavy (non-hydrogen) atoms. The predicted molar refractivity (Wildman–Crippen MR) is 64.3 cm³/mol. The van der Waals surface area contributed by atoms with Gasteiger partial charge >= 0.3 is 0 Å². The van der Waals surface area contributed by atoms with Crippen LogP contribution >= 0.6 is 0 Å². The first-order valence-corrected chi connectivity index (χ1v) is 6.52. The van der Waals surface area contributed by atoms with E-state index in [0.29, 0.717) is 0 Å². The van der Waals surface area contributed by atoms with Gasteiger partial charge in [0.1, 0.15) is 0 Å². The van der Waals surface area contributed by atoms with Gasteiger partial charge in [-0.3, -0.25) is 0 Å². The van der Waals surface area contributed by atoms with Crippen LogP contribution in [0.4, 0.5) is 0 Å². The molecule has 0 nitrogen and oxygen atoms in total. The minimum Gasteiger partial charge on any atom is -0.0625 e. The fourth-order valence-electron chi connectivity index (χ4n) is 3.18. The molecule has 0 radical (unpaired) electrons. The van der Waals surface area contributed by atoms with Crippen LogP contribution in [0.5, 0.6) is 0 Å². The van der Waals surface area contributed by atoms with Gasteiger partial charge < -0.3 is 0 Å². The molecule has 1 aliphatic rings. The van der Waals surface area contributed by atoms with Crippen LogP contribution in [0.2, 0.25) is 0 Å². The summed E-state index contributed by atoms with van der Waals surface area (Å²) in [5.74, 6) is 4.71. The van der Waals surface area contributed by atoms with Crippen LogP contribution in [0.1, 0.15) is 60.3 Å². The van der Waals surface area contributed by atoms with Gasteiger partial charge in [-0.1, -0.05) is 47.5 Å². The molecular formula is C14H28. The fraction of sp³-hybridized carbons (Fsp3) is 1.00. The summed E-state index contributed by atoms with van der Waals surface area (Å²) in [4.78, 5) is 0. The Labute approximate surface area is 90.5 Å². The fourth-order valence-corrected chi connectivity index (χ4v) is 3.18. The van der Waals surface area contributed by atoms with E-state index in [1.165, 1.54) is 25.7 Å². The second-order valence-electron chi connectivity index (χ2n) is 6.08. The van der Waals surface area contributed by atoms with E-state index < -0.39 is 0 Å². The van der Waals surface area contributed by atoms with Crippen molar-refractivity contribution in [3.05, 3.63) is 0 Å². The van der Waals surface area contributed by atoms with E-state index >= 15 is 0 Å². The van der Waals surface area contributed by atoms with E-state index in [9.17, 15) is 0 Å². The Morgan fingerprint density at radius 3 is 1.36 bits per heavy atom. The van der Waals surface area contributed by atoms with E-state index in [1.807, 2.05) is 0 Å². The van der Waals surface area contributed by atoms with Crippen molar-refractivity contribution in [1.29, 1.82) is 0 Å². The molecule has 1 rings (SSSR count). The highest BCUT2D eigenvalue weighted by atomic mass is 14.3. The Hall–Kier alpha value is 0. The average molecular weight is 196 g/mol. The Kier molecular flexibility index (Phi) is 4.47. The van der Waals surface area contributed by atoms with E-state index in [4.69, 9.17) is 0 Å². The van der Waals surface area contributed by atoms with Gasteiger partial charge in [0.25, 0.3) is 0 Å². The Balaban J connectivity index is 2.66. The van der Waals surface area contributed by atoms with Crippen molar-refractivity contribution in [2.45, 2.75) is 60.3 Å². The highest BCUT2D eigenvalue weighted by Gasteiger charge is 2.29. The van der Waals surface area contributed by atoms with Gasteiger partial charge in [-0.2, -0.15) is 0 Å². The Morgan fingerprint density at radius 2 is 1.07 bits per heavy atom. The standard InChI is InChI=1S/C14H28/c1-10(2)13-8-6-12(5)7-9-14(13)11(3)4/h10-14H,6-9H2,1-5H3. The summed E-state index contributed by atoms with van der Waals surface area (Å²) in [6.07, 6.45) is 5.88. The van der Waals surface area contributed by atoms with E-state index in [2.05, 4.69) is 34.6 Å². The van der Waals surface area contributed by atoms with Crippen LogP contribution in [-0.2, 0) is 0 Å². The second-order valence-corrected chi connectivity index (χ2v) is 6.08. The maximum Gasteiger partial charge on any atom is -0.0360 e. The van der Waals surface area contributed by atoms with E-state index in [0.717, 1.165) is 29.6 Å². The smallest absolute Gasteiger partial charge is 0.0360 e. The zero-order valence-electron chi connectivity index (χ0n) is 10.7. The molecule has 0 amide bonds. The molecule has 0 aromatic heterocycles. The second kappa shape index (κ2) is 5.19. The van der Waals surface area contributed by atoms with Crippen molar-refractivity contribution in [1.82, 2.24) is 0 Å². The van der Waals surface area contributed by atoms with Gasteiger partial charge in [0, 0.05) is 0 Å². The predicted octanol–water partition coefficient (Wildman–Crippen LogP) is 4.74. The van der Waals surface area contributed by atoms with Crippen LogP contribution in [0.3, 0.4) is 0 Å². The molecule has 0 aromatic carbocycles. The molecular weight excluding hydrogens is 168 g/mol. The molecule has 84 valence electrons. The molecule has 2 unspecified atom stereocenters. The first-order valence-electron chi connectivity index (χ1n) is 6.52. The zero-order chi connectivity index (χ0) is 10.7. The van der Waals surface area contributed by atoms with Crippen molar-refractivity contribution < 1.29 is 0 Å². The SMILES string of the molecule is CC1CCC(C(C)C)C(C(C)C)CC1. The van der Waals surface area contributed by atoms with Crippen molar-refractivity contribution in [3.8, 4) is 0 Å². The third-order valence-electron chi connectivity index (χ3n) is 4.25. The minimum absolute atomic E-state index is 0.882. The molecule has 1 saturated carbocycles. The molecule has 0 spiro atoms. The zero-order valence-corrected chi connectivity index (χ0v) is 10.7. The summed E-state index contributed by atoms with van der Waals surface area (Å²) in [5, 5.41) is 0. The summed E-state index contributed by atoms with van der Waals surface area (Å²) >= 11 is 0. The molecule has 0 heteroatoms. The Morgan fingerprint density at radius 1 is 0.714 bits per heavy atom. The minimum atomic E-state index is 0.882. The number of hydrogen-bond acceptors (Lipinski definition) is 0. The maximum absolute atomic E-state index is 2.43. The molecule has 2 atom stereocenters. The van der Waals surface area contributed by atoms with Gasteiger partial charge in [-0.15, -0.1) is 0 Å². The first-order chi connectivity index (χ1) is 6.52. The van der Waals surface area contributed by atoms with E-state index in [1.54, 1.807) is 0 Å². The lowest BCUT2D eigenvalue weighted by atomic mass is 9.74. The molecule has 0 bridgehead atoms. The van der Waals surface area contributed by atoms with Crippen LogP contribution in [-0.4, -0.2) is 0 Å². The van der Waals surface area contributed by atoms with Gasteiger partial charge in [-0.05, 0) is 42.4 Å². The van der Waals surface area contributed by atoms with Crippen molar-refractivity contribution >= 4 is 0 Å². The lowest BCUT2D eigenvalue weighted by Crippen LogP contribution is -2.23. The molecule has 1 aliphatic carbocycles. The maximum atomic E-state index is 2.43. The number of hydrogen-bond donors (Lipinski definition) is 0. The summed E-state index contributed by atoms with van der Waals surface area (Å²) in [7, 11) is 0. The monoisotopic (exact) mass is 196 g/mol. The first kappa shape index (κ1) is 12.1. The molecule has 0 aromatic rings. The Bertz CT molecular complexity index is 139. The number of rotatable bonds is 2. The molecule has 0 saturated heterocycles. The van der Waals surface area contributed by atoms with Gasteiger partial charge in [0.05, 0.1) is 0 Å². The quantitative estimate of drug-likeness (QED) is 0.560. The van der Waals surface area contributed by atoms with E-state index in [-0.39, 0.29) is 0 Å². The van der Waals surface area contributed by atoms with Crippen LogP contribution in [0.25, 0.3) is 0 Å². The lowest BCUT2D eigenvalue weighted by molar-refractivity contribution is 0.184. The van der Waals surface area contributed by atoms with Crippen LogP contribution in [0.15, 0.2) is 0 Å². The molecule has 0 aliphatic heterocycles. The summed E-state index contributed by atoms with van der Waals surface area (Å²) in [6.45, 7) is 12.1. The van der Waals surface area contributed by atoms with Crippen LogP contribution in [0, 0.1) is 29.6 Å². The third-order valence-corrected chi connectivity index (χ3v) is 4.25. The van der Waals surface area contributed by atoms with Gasteiger partial charge in [0.15, 0.2) is 0 Å². The van der Waals surface area contributed by atoms with Crippen molar-refractivity contribution in [3.63, 3.8) is 0 Å². The topological polar surface area (TPSA) is 0 Å². The van der Waals surface area contributed by atoms with Gasteiger partial charge in [-0.25, -0.2) is 0 Å². The normalized spacial score (nSPS) is 34.9. The van der Waals surface area contributed by atoms with Crippen molar-refractivity contribution in [2.24, 2.45) is 29.6 Å². The summed E-state index contributed by atoms with van der Waals surface area (Å²) in [5.41, 5.74) is 0. The van der Waals surface area contributed by atoms with Crippen molar-refractivity contribution in [2.75, 3.05) is 0 Å². The van der Waals surface area contributed by atoms with Crippen LogP contribution < -0.4 is 0 Å². The largest absolute Gasteiger partial charge is 0.0625 e. The lowest BCUT2D eigenvalue weighted by Gasteiger charge is -2.31. The molecule has 1 fully saturated rings. The summed E-state index contributed by atoms with van der Waals surface area (Å²) < 4.78 is 0. The average Bonchev–Trinajstić information content (AvgIpc) is 2.26. The molecule has 0 N–H and O–H groups in total. The third kappa shape index (κ3) is 3.00. The highest BCUT2D eigenvalue weighted by molar-refractivity contribution is 4.80. The summed E-state index contributed by atoms with van der Waals surface area (Å²) in [6, 6.07) is 0. The van der Waals surface area contributed by atoms with Gasteiger partial charge in [0.2, 0.25) is 0 Å². The molecule has 0 heterocycles. The highest BCUT2D eigenvalue weighted by Crippen LogP contribution is 2.39.